The van der Waals surface area contributed by atoms with Gasteiger partial charge in [-0.15, -0.1) is 0 Å². The minimum absolute atomic E-state index is 0.526. The second-order valence-electron chi connectivity index (χ2n) is 4.85. The van der Waals surface area contributed by atoms with Crippen LogP contribution in [0.5, 0.6) is 0 Å². The predicted molar refractivity (Wildman–Crippen MR) is 70.0 cm³/mol. The van der Waals surface area contributed by atoms with E-state index in [1.54, 1.807) is 0 Å². The first-order valence-corrected chi connectivity index (χ1v) is 5.88. The number of nitrogens with zero attached hydrogens (tertiary/aromatic N) is 1. The average molecular weight is 213 g/mol. The van der Waals surface area contributed by atoms with Crippen molar-refractivity contribution in [3.8, 4) is 0 Å². The quantitative estimate of drug-likeness (QED) is 0.689. The van der Waals surface area contributed by atoms with Crippen molar-refractivity contribution >= 4 is 10.9 Å². The van der Waals surface area contributed by atoms with Crippen LogP contribution in [0.25, 0.3) is 10.9 Å². The summed E-state index contributed by atoms with van der Waals surface area (Å²) in [6.07, 6.45) is 0. The van der Waals surface area contributed by atoms with Gasteiger partial charge in [-0.1, -0.05) is 32.0 Å². The lowest BCUT2D eigenvalue weighted by Gasteiger charge is -2.13. The lowest BCUT2D eigenvalue weighted by atomic mass is 9.95. The van der Waals surface area contributed by atoms with E-state index in [4.69, 9.17) is 4.98 Å². The van der Waals surface area contributed by atoms with Crippen LogP contribution in [0.4, 0.5) is 0 Å². The summed E-state index contributed by atoms with van der Waals surface area (Å²) in [6.45, 7) is 10.9. The highest BCUT2D eigenvalue weighted by atomic mass is 14.7. The molecule has 0 spiro atoms. The molecule has 1 heteroatoms. The van der Waals surface area contributed by atoms with E-state index in [9.17, 15) is 0 Å². The van der Waals surface area contributed by atoms with E-state index >= 15 is 0 Å². The van der Waals surface area contributed by atoms with E-state index in [1.807, 2.05) is 0 Å². The molecule has 0 bridgehead atoms. The van der Waals surface area contributed by atoms with E-state index in [0.29, 0.717) is 5.92 Å². The van der Waals surface area contributed by atoms with Crippen LogP contribution in [0.15, 0.2) is 18.2 Å². The minimum atomic E-state index is 0.526. The predicted octanol–water partition coefficient (Wildman–Crippen LogP) is 4.28. The molecule has 0 atom stereocenters. The molecular formula is C15H19N. The summed E-state index contributed by atoms with van der Waals surface area (Å²) in [6, 6.07) is 6.51. The molecule has 0 saturated carbocycles. The van der Waals surface area contributed by atoms with Gasteiger partial charge in [-0.25, -0.2) is 0 Å². The van der Waals surface area contributed by atoms with Crippen molar-refractivity contribution in [2.75, 3.05) is 0 Å². The summed E-state index contributed by atoms with van der Waals surface area (Å²) in [7, 11) is 0. The molecule has 1 aromatic carbocycles. The Morgan fingerprint density at radius 2 is 1.69 bits per heavy atom. The monoisotopic (exact) mass is 213 g/mol. The number of fused-ring (bicyclic) bond motifs is 1. The zero-order chi connectivity index (χ0) is 11.9. The number of aryl methyl sites for hydroxylation is 2. The first-order valence-electron chi connectivity index (χ1n) is 5.88. The Morgan fingerprint density at radius 1 is 1.00 bits per heavy atom. The third kappa shape index (κ3) is 1.60. The van der Waals surface area contributed by atoms with Crippen molar-refractivity contribution in [1.29, 1.82) is 0 Å². The lowest BCUT2D eigenvalue weighted by molar-refractivity contribution is 0.871. The molecule has 2 rings (SSSR count). The Bertz CT molecular complexity index is 539. The SMILES string of the molecule is Cc1nc2c(C(C)C)cccc2c(C)c1C. The van der Waals surface area contributed by atoms with Crippen LogP contribution in [-0.4, -0.2) is 4.98 Å². The van der Waals surface area contributed by atoms with E-state index in [1.165, 1.54) is 27.6 Å². The Balaban J connectivity index is 2.89. The fourth-order valence-corrected chi connectivity index (χ4v) is 2.18. The zero-order valence-corrected chi connectivity index (χ0v) is 10.8. The molecule has 0 radical (unpaired) electrons. The average Bonchev–Trinajstić information content (AvgIpc) is 2.25. The summed E-state index contributed by atoms with van der Waals surface area (Å²) >= 11 is 0. The molecular weight excluding hydrogens is 194 g/mol. The van der Waals surface area contributed by atoms with E-state index in [2.05, 4.69) is 52.8 Å². The van der Waals surface area contributed by atoms with Gasteiger partial charge in [-0.05, 0) is 43.4 Å². The smallest absolute Gasteiger partial charge is 0.0742 e. The van der Waals surface area contributed by atoms with Crippen molar-refractivity contribution < 1.29 is 0 Å². The van der Waals surface area contributed by atoms with Gasteiger partial charge in [0.2, 0.25) is 0 Å². The number of hydrogen-bond donors (Lipinski definition) is 0. The second kappa shape index (κ2) is 3.89. The van der Waals surface area contributed by atoms with Crippen molar-refractivity contribution in [1.82, 2.24) is 4.98 Å². The minimum Gasteiger partial charge on any atom is -0.253 e. The summed E-state index contributed by atoms with van der Waals surface area (Å²) in [5.41, 5.74) is 6.36. The maximum Gasteiger partial charge on any atom is 0.0742 e. The maximum atomic E-state index is 4.76. The molecule has 0 amide bonds. The number of hydrogen-bond acceptors (Lipinski definition) is 1. The van der Waals surface area contributed by atoms with Gasteiger partial charge in [0.25, 0.3) is 0 Å². The first kappa shape index (κ1) is 11.1. The summed E-state index contributed by atoms with van der Waals surface area (Å²) in [5.74, 6) is 0.526. The number of para-hydroxylation sites is 1. The van der Waals surface area contributed by atoms with Crippen LogP contribution >= 0.6 is 0 Å². The molecule has 16 heavy (non-hydrogen) atoms. The molecule has 0 fully saturated rings. The van der Waals surface area contributed by atoms with Crippen molar-refractivity contribution in [2.45, 2.75) is 40.5 Å². The summed E-state index contributed by atoms with van der Waals surface area (Å²) in [4.78, 5) is 4.76. The van der Waals surface area contributed by atoms with E-state index in [0.717, 1.165) is 5.69 Å². The molecule has 0 aliphatic carbocycles. The van der Waals surface area contributed by atoms with Gasteiger partial charge >= 0.3 is 0 Å². The number of benzene rings is 1. The number of aromatic nitrogens is 1. The maximum absolute atomic E-state index is 4.76. The van der Waals surface area contributed by atoms with Gasteiger partial charge in [0.05, 0.1) is 5.52 Å². The second-order valence-corrected chi connectivity index (χ2v) is 4.85. The van der Waals surface area contributed by atoms with Crippen LogP contribution in [0.2, 0.25) is 0 Å². The van der Waals surface area contributed by atoms with E-state index < -0.39 is 0 Å². The molecule has 0 saturated heterocycles. The summed E-state index contributed by atoms with van der Waals surface area (Å²) in [5, 5.41) is 1.30. The van der Waals surface area contributed by atoms with Gasteiger partial charge in [0.15, 0.2) is 0 Å². The van der Waals surface area contributed by atoms with Gasteiger partial charge in [0, 0.05) is 11.1 Å². The Hall–Kier alpha value is -1.37. The van der Waals surface area contributed by atoms with Crippen LogP contribution < -0.4 is 0 Å². The fraction of sp³-hybridized carbons (Fsp3) is 0.400. The lowest BCUT2D eigenvalue weighted by Crippen LogP contribution is -1.98. The third-order valence-electron chi connectivity index (χ3n) is 3.48. The van der Waals surface area contributed by atoms with Crippen LogP contribution in [0.1, 0.15) is 42.1 Å². The molecule has 1 nitrogen and oxygen atoms in total. The highest BCUT2D eigenvalue weighted by molar-refractivity contribution is 5.86. The summed E-state index contributed by atoms with van der Waals surface area (Å²) < 4.78 is 0. The Kier molecular flexibility index (Phi) is 2.71. The van der Waals surface area contributed by atoms with Crippen molar-refractivity contribution in [3.05, 3.63) is 40.6 Å². The van der Waals surface area contributed by atoms with Crippen LogP contribution in [0, 0.1) is 20.8 Å². The van der Waals surface area contributed by atoms with Crippen molar-refractivity contribution in [2.24, 2.45) is 0 Å². The Morgan fingerprint density at radius 3 is 2.31 bits per heavy atom. The molecule has 0 aliphatic rings. The van der Waals surface area contributed by atoms with Crippen LogP contribution in [0.3, 0.4) is 0 Å². The third-order valence-corrected chi connectivity index (χ3v) is 3.48. The molecule has 84 valence electrons. The van der Waals surface area contributed by atoms with Gasteiger partial charge < -0.3 is 0 Å². The number of rotatable bonds is 1. The standard InChI is InChI=1S/C15H19N/c1-9(2)13-7-6-8-14-11(4)10(3)12(5)16-15(13)14/h6-9H,1-5H3. The zero-order valence-electron chi connectivity index (χ0n) is 10.8. The molecule has 1 aromatic heterocycles. The van der Waals surface area contributed by atoms with Gasteiger partial charge in [-0.3, -0.25) is 4.98 Å². The molecule has 1 heterocycles. The van der Waals surface area contributed by atoms with E-state index in [-0.39, 0.29) is 0 Å². The highest BCUT2D eigenvalue weighted by Crippen LogP contribution is 2.28. The Labute approximate surface area is 97.5 Å². The molecule has 2 aromatic rings. The molecule has 0 aliphatic heterocycles. The van der Waals surface area contributed by atoms with Crippen molar-refractivity contribution in [3.63, 3.8) is 0 Å². The fourth-order valence-electron chi connectivity index (χ4n) is 2.18. The normalized spacial score (nSPS) is 11.4. The van der Waals surface area contributed by atoms with Gasteiger partial charge in [-0.2, -0.15) is 0 Å². The largest absolute Gasteiger partial charge is 0.253 e. The van der Waals surface area contributed by atoms with Gasteiger partial charge in [0.1, 0.15) is 0 Å². The molecule has 0 unspecified atom stereocenters. The molecule has 0 N–H and O–H groups in total. The number of pyridine rings is 1. The first-order chi connectivity index (χ1) is 7.52. The van der Waals surface area contributed by atoms with Crippen LogP contribution in [-0.2, 0) is 0 Å². The highest BCUT2D eigenvalue weighted by Gasteiger charge is 2.10. The topological polar surface area (TPSA) is 12.9 Å².